The molecular weight excluding hydrogens is 512 g/mol. The van der Waals surface area contributed by atoms with Crippen molar-refractivity contribution in [1.29, 1.82) is 0 Å². The van der Waals surface area contributed by atoms with E-state index in [1.54, 1.807) is 42.5 Å². The number of nitrogens with one attached hydrogen (secondary N) is 1. The molecule has 0 atom stereocenters. The number of fused-ring (bicyclic) bond motifs is 1. The van der Waals surface area contributed by atoms with Crippen LogP contribution in [-0.4, -0.2) is 51.5 Å². The molecule has 39 heavy (non-hydrogen) atoms. The van der Waals surface area contributed by atoms with Gasteiger partial charge in [0.2, 0.25) is 10.0 Å². The Labute approximate surface area is 239 Å². The maximum Gasteiger partial charge on any atom is 0.229 e. The van der Waals surface area contributed by atoms with E-state index in [2.05, 4.69) is 11.6 Å². The summed E-state index contributed by atoms with van der Waals surface area (Å²) in [4.78, 5) is 15.0. The van der Waals surface area contributed by atoms with Gasteiger partial charge < -0.3 is 14.1 Å². The third-order valence-electron chi connectivity index (χ3n) is 6.07. The zero-order valence-corrected chi connectivity index (χ0v) is 24.3. The van der Waals surface area contributed by atoms with E-state index >= 15 is 0 Å². The minimum Gasteiger partial charge on any atom is -0.494 e. The highest BCUT2D eigenvalue weighted by Gasteiger charge is 2.22. The van der Waals surface area contributed by atoms with Crippen molar-refractivity contribution < 1.29 is 27.8 Å². The van der Waals surface area contributed by atoms with Crippen molar-refractivity contribution in [1.82, 2.24) is 4.90 Å². The number of sulfonamides is 1. The smallest absolute Gasteiger partial charge is 0.229 e. The quantitative estimate of drug-likeness (QED) is 0.132. The molecular formula is C31H44N2O5S. The molecule has 0 radical (unpaired) electrons. The summed E-state index contributed by atoms with van der Waals surface area (Å²) in [5.74, 6) is 0.869. The second-order valence-corrected chi connectivity index (χ2v) is 11.4. The fourth-order valence-corrected chi connectivity index (χ4v) is 4.71. The monoisotopic (exact) mass is 560 g/mol. The molecule has 2 aromatic carbocycles. The molecule has 8 heteroatoms. The Morgan fingerprint density at radius 1 is 0.974 bits per heavy atom. The lowest BCUT2D eigenvalue weighted by molar-refractivity contribution is 0.103. The molecule has 3 rings (SSSR count). The second-order valence-electron chi connectivity index (χ2n) is 9.61. The van der Waals surface area contributed by atoms with Crippen LogP contribution in [0.5, 0.6) is 5.75 Å². The predicted octanol–water partition coefficient (Wildman–Crippen LogP) is 7.05. The zero-order chi connectivity index (χ0) is 31.8. The van der Waals surface area contributed by atoms with Gasteiger partial charge in [-0.25, -0.2) is 8.42 Å². The van der Waals surface area contributed by atoms with E-state index in [4.69, 9.17) is 14.6 Å². The number of unbranched alkanes of at least 4 members (excludes halogenated alkanes) is 1. The van der Waals surface area contributed by atoms with E-state index in [1.165, 1.54) is 4.90 Å². The molecule has 0 saturated heterocycles. The molecule has 0 aliphatic rings. The molecule has 0 aliphatic carbocycles. The normalized spacial score (nSPS) is 14.1. The summed E-state index contributed by atoms with van der Waals surface area (Å²) in [5.41, 5.74) is 1.70. The van der Waals surface area contributed by atoms with Crippen molar-refractivity contribution in [3.63, 3.8) is 0 Å². The lowest BCUT2D eigenvalue weighted by atomic mass is 9.98. The highest BCUT2D eigenvalue weighted by atomic mass is 32.2. The first kappa shape index (κ1) is 25.1. The number of benzene rings is 2. The first-order valence-electron chi connectivity index (χ1n) is 15.8. The average molecular weight is 561 g/mol. The van der Waals surface area contributed by atoms with Crippen LogP contribution in [0.1, 0.15) is 92.9 Å². The van der Waals surface area contributed by atoms with Gasteiger partial charge in [-0.3, -0.25) is 9.52 Å². The number of carbonyl (C=O) groups is 1. The number of furan rings is 1. The first-order valence-corrected chi connectivity index (χ1v) is 15.7. The number of anilines is 1. The Morgan fingerprint density at radius 2 is 1.64 bits per heavy atom. The molecule has 1 heterocycles. The number of nitrogens with zero attached hydrogens (tertiary/aromatic N) is 1. The molecule has 0 unspecified atom stereocenters. The maximum absolute atomic E-state index is 13.7. The zero-order valence-electron chi connectivity index (χ0n) is 27.5. The fourth-order valence-electron chi connectivity index (χ4n) is 4.16. The van der Waals surface area contributed by atoms with Crippen LogP contribution >= 0.6 is 0 Å². The Kier molecular flexibility index (Phi) is 9.72. The Bertz CT molecular complexity index is 1460. The number of ketones is 1. The molecule has 1 N–H and O–H groups in total. The first-order chi connectivity index (χ1) is 20.2. The van der Waals surface area contributed by atoms with Gasteiger partial charge in [-0.2, -0.15) is 0 Å². The van der Waals surface area contributed by atoms with E-state index in [1.807, 2.05) is 13.8 Å². The minimum absolute atomic E-state index is 0.209. The van der Waals surface area contributed by atoms with E-state index in [0.29, 0.717) is 65.0 Å². The van der Waals surface area contributed by atoms with Crippen LogP contribution in [0.15, 0.2) is 46.9 Å². The summed E-state index contributed by atoms with van der Waals surface area (Å²) < 4.78 is 71.7. The minimum atomic E-state index is -3.50. The summed E-state index contributed by atoms with van der Waals surface area (Å²) in [6.45, 7) is 2.78. The standard InChI is InChI=1S/C31H44N2O5S/c1-5-8-12-29-30(27-23-25(32-39(4,35)36)15-18-28(27)38-29)31(34)24-13-16-26(17-14-24)37-22-11-21-33(19-9-6-2)20-10-7-3/h13-18,23,32H,5-12,19-22H2,1-4H3/i19D2,20D2. The van der Waals surface area contributed by atoms with Crippen LogP contribution < -0.4 is 9.46 Å². The summed E-state index contributed by atoms with van der Waals surface area (Å²) >= 11 is 0. The SMILES string of the molecule is [2H]C([2H])(CCC)N(CCCOc1ccc(C(=O)c2c(CCCC)oc3ccc(NS(C)(=O)=O)cc23)cc1)C([2H])([2H])CCC. The van der Waals surface area contributed by atoms with Crippen LogP contribution in [0.25, 0.3) is 11.0 Å². The molecule has 0 aliphatic heterocycles. The van der Waals surface area contributed by atoms with Gasteiger partial charge in [0.25, 0.3) is 0 Å². The molecule has 0 bridgehead atoms. The molecule has 214 valence electrons. The number of ether oxygens (including phenoxy) is 1. The molecule has 1 aromatic heterocycles. The van der Waals surface area contributed by atoms with Crippen molar-refractivity contribution in [2.75, 3.05) is 37.1 Å². The largest absolute Gasteiger partial charge is 0.494 e. The molecule has 0 fully saturated rings. The number of aryl methyl sites for hydroxylation is 1. The number of hydrogen-bond acceptors (Lipinski definition) is 6. The molecule has 0 spiro atoms. The van der Waals surface area contributed by atoms with Gasteiger partial charge in [-0.1, -0.05) is 40.0 Å². The topological polar surface area (TPSA) is 88.8 Å². The van der Waals surface area contributed by atoms with Gasteiger partial charge >= 0.3 is 0 Å². The lowest BCUT2D eigenvalue weighted by Gasteiger charge is -2.21. The molecule has 0 amide bonds. The summed E-state index contributed by atoms with van der Waals surface area (Å²) in [7, 11) is -3.50. The van der Waals surface area contributed by atoms with Crippen molar-refractivity contribution in [3.8, 4) is 5.75 Å². The lowest BCUT2D eigenvalue weighted by Crippen LogP contribution is -2.28. The van der Waals surface area contributed by atoms with Crippen LogP contribution in [0, 0.1) is 0 Å². The van der Waals surface area contributed by atoms with Crippen LogP contribution in [0.2, 0.25) is 0 Å². The van der Waals surface area contributed by atoms with Crippen LogP contribution in [-0.2, 0) is 16.4 Å². The van der Waals surface area contributed by atoms with E-state index < -0.39 is 23.0 Å². The van der Waals surface area contributed by atoms with Crippen molar-refractivity contribution in [2.45, 2.75) is 72.1 Å². The Hall–Kier alpha value is -2.84. The van der Waals surface area contributed by atoms with Gasteiger partial charge in [0.15, 0.2) is 5.78 Å². The summed E-state index contributed by atoms with van der Waals surface area (Å²) in [6, 6.07) is 11.6. The van der Waals surface area contributed by atoms with Crippen LogP contribution in [0.3, 0.4) is 0 Å². The van der Waals surface area contributed by atoms with Crippen LogP contribution in [0.4, 0.5) is 5.69 Å². The predicted molar refractivity (Wildman–Crippen MR) is 160 cm³/mol. The molecule has 7 nitrogen and oxygen atoms in total. The van der Waals surface area contributed by atoms with Crippen molar-refractivity contribution in [2.24, 2.45) is 0 Å². The average Bonchev–Trinajstić information content (AvgIpc) is 3.27. The van der Waals surface area contributed by atoms with Crippen molar-refractivity contribution >= 4 is 32.5 Å². The summed E-state index contributed by atoms with van der Waals surface area (Å²) in [6.07, 6.45) is 5.54. The van der Waals surface area contributed by atoms with Crippen molar-refractivity contribution in [3.05, 3.63) is 59.4 Å². The van der Waals surface area contributed by atoms with Gasteiger partial charge in [0.1, 0.15) is 17.1 Å². The van der Waals surface area contributed by atoms with Gasteiger partial charge in [0.05, 0.1) is 18.4 Å². The van der Waals surface area contributed by atoms with Gasteiger partial charge in [-0.05, 0) is 81.1 Å². The highest BCUT2D eigenvalue weighted by Crippen LogP contribution is 2.32. The fraction of sp³-hybridized carbons (Fsp3) is 0.516. The number of hydrogen-bond donors (Lipinski definition) is 1. The Balaban J connectivity index is 1.75. The second kappa shape index (κ2) is 15.1. The van der Waals surface area contributed by atoms with E-state index in [0.717, 1.165) is 19.1 Å². The number of carbonyl (C=O) groups excluding carboxylic acids is 1. The highest BCUT2D eigenvalue weighted by molar-refractivity contribution is 7.92. The maximum atomic E-state index is 13.7. The van der Waals surface area contributed by atoms with Gasteiger partial charge in [0, 0.05) is 35.1 Å². The Morgan fingerprint density at radius 3 is 2.26 bits per heavy atom. The number of rotatable bonds is 18. The molecule has 0 saturated carbocycles. The van der Waals surface area contributed by atoms with Gasteiger partial charge in [-0.15, -0.1) is 0 Å². The van der Waals surface area contributed by atoms with E-state index in [-0.39, 0.29) is 31.8 Å². The molecule has 3 aromatic rings. The third kappa shape index (κ3) is 9.39. The summed E-state index contributed by atoms with van der Waals surface area (Å²) in [5, 5.41) is 0.542. The van der Waals surface area contributed by atoms with E-state index in [9.17, 15) is 13.2 Å². The third-order valence-corrected chi connectivity index (χ3v) is 6.67.